The number of benzene rings is 6. The van der Waals surface area contributed by atoms with Gasteiger partial charge in [0.05, 0.1) is 43.2 Å². The number of fused-ring (bicyclic) bond motifs is 2. The Morgan fingerprint density at radius 2 is 1.09 bits per heavy atom. The van der Waals surface area contributed by atoms with Crippen LogP contribution in [0.25, 0.3) is 22.3 Å². The lowest BCUT2D eigenvalue weighted by Crippen LogP contribution is -2.42. The second-order valence-corrected chi connectivity index (χ2v) is 21.4. The fourth-order valence-electron chi connectivity index (χ4n) is 8.91. The Bertz CT molecular complexity index is 6070. The number of likely N-dealkylation sites (N-methyl/N-ethyl adjacent to an activating group) is 2. The summed E-state index contributed by atoms with van der Waals surface area (Å²) < 4.78 is 459. The first kappa shape index (κ1) is 36.1. The summed E-state index contributed by atoms with van der Waals surface area (Å²) in [6, 6.07) is -8.01. The standard InChI is InChI=1S/2C37H40F4N4O2S/c1-4-43(5-2)18-19-44(22-26-6-10-28(11-7-26)29-12-14-30(15-13-29)37(39,40)41)34(46)23-45-33-21-25(3)20-32(33)35(47)42-36(45)48-24-27-8-16-31(38)17-9-27;1-4-43(5-2)21-22-44(25(3)27-11-13-28(14-12-27)29-15-17-30(18-16-29)37(39,40)41)34(46)23-45-33-8-6-7-32(33)35(47)42-36(45)48-24-26-9-19-31(38)20-10-26/h6-17,25H,4-5,18-24H2,1-3H3;9-20,25H,4-8,21-24H2,1-3H3/i4D2,5D2,6D,7D,8D,9D,10D,11D,12D,13D,14D,15D,16D,17D,18D2,19D2,20D2,21D2,22D2,24D2,25D;4D2,5D2,21D2,22D2,24D2,25D. The van der Waals surface area contributed by atoms with Crippen molar-refractivity contribution < 1.29 is 99.5 Å². The average Bonchev–Trinajstić information content (AvgIpc) is 1.62. The van der Waals surface area contributed by atoms with Gasteiger partial charge in [0.15, 0.2) is 10.3 Å². The summed E-state index contributed by atoms with van der Waals surface area (Å²) in [5, 5.41) is -1.73. The molecule has 0 spiro atoms. The molecule has 8 aromatic rings. The Kier molecular flexibility index (Phi) is 12.4. The maximum Gasteiger partial charge on any atom is 0.416 e. The van der Waals surface area contributed by atoms with Gasteiger partial charge in [0.2, 0.25) is 11.8 Å². The lowest BCUT2D eigenvalue weighted by Gasteiger charge is -2.33. The molecule has 2 aliphatic carbocycles. The molecule has 0 fully saturated rings. The van der Waals surface area contributed by atoms with E-state index in [0.717, 1.165) is 45.0 Å². The van der Waals surface area contributed by atoms with Crippen LogP contribution < -0.4 is 11.1 Å². The van der Waals surface area contributed by atoms with Gasteiger partial charge in [0.1, 0.15) is 24.7 Å². The van der Waals surface area contributed by atoms with Gasteiger partial charge in [-0.2, -0.15) is 36.3 Å². The fourth-order valence-corrected chi connectivity index (χ4v) is 10.4. The van der Waals surface area contributed by atoms with Crippen molar-refractivity contribution in [2.45, 2.75) is 133 Å². The average molecular weight is 1400 g/mol. The van der Waals surface area contributed by atoms with Crippen LogP contribution in [0.4, 0.5) is 35.1 Å². The second-order valence-electron chi connectivity index (χ2n) is 19.9. The van der Waals surface area contributed by atoms with E-state index < -0.39 is 298 Å². The van der Waals surface area contributed by atoms with Crippen LogP contribution in [0.3, 0.4) is 0 Å². The summed E-state index contributed by atoms with van der Waals surface area (Å²) in [7, 11) is 0. The van der Waals surface area contributed by atoms with Crippen LogP contribution >= 0.6 is 23.5 Å². The van der Waals surface area contributed by atoms with E-state index in [0.29, 0.717) is 50.1 Å². The molecule has 508 valence electrons. The van der Waals surface area contributed by atoms with Gasteiger partial charge in [-0.15, -0.1) is 0 Å². The molecule has 2 heterocycles. The van der Waals surface area contributed by atoms with E-state index in [1.54, 1.807) is 0 Å². The third-order valence-electron chi connectivity index (χ3n) is 13.6. The number of rotatable bonds is 26. The first-order valence-corrected chi connectivity index (χ1v) is 29.8. The first-order chi connectivity index (χ1) is 61.1. The van der Waals surface area contributed by atoms with Crippen molar-refractivity contribution in [1.29, 1.82) is 0 Å². The molecule has 22 heteroatoms. The lowest BCUT2D eigenvalue weighted by molar-refractivity contribution is -0.138. The van der Waals surface area contributed by atoms with E-state index in [-0.39, 0.29) is 54.7 Å². The van der Waals surface area contributed by atoms with Crippen LogP contribution in [0.2, 0.25) is 0 Å². The molecule has 2 aliphatic rings. The smallest absolute Gasteiger partial charge is 0.336 e. The maximum atomic E-state index is 15.4. The van der Waals surface area contributed by atoms with Crippen LogP contribution in [0.15, 0.2) is 165 Å². The number of thioether (sulfide) groups is 2. The molecule has 10 rings (SSSR count). The van der Waals surface area contributed by atoms with Gasteiger partial charge in [-0.25, -0.2) is 8.78 Å². The molecule has 2 unspecified atom stereocenters. The van der Waals surface area contributed by atoms with Gasteiger partial charge < -0.3 is 28.7 Å². The van der Waals surface area contributed by atoms with E-state index in [9.17, 15) is 59.1 Å². The van der Waals surface area contributed by atoms with Crippen molar-refractivity contribution in [2.24, 2.45) is 5.89 Å². The van der Waals surface area contributed by atoms with Gasteiger partial charge in [0, 0.05) is 95.2 Å². The molecule has 2 atom stereocenters. The SMILES string of the molecule is [2H]C([2H])(Sc1nc(=O)c2c(n1CC(=O)N(C([2H])(C)c1ccc(-c3ccc(C(F)(F)F)cc3)cc1)C([2H])([2H])C([2H])([2H])N(C([2H])([2H])C)C([2H])([2H])C)CCC2)c1ccc(F)cc1.[2H]c1c([2H])c(C([2H])([2H])Sc2nc(=O)c3c(n2CC(=O)N(C([2H])([2H])c2c([2H])c([2H])c(-c4c([2H])c([2H])c(C(F)(F)F)c([2H])c4[2H])c([2H])c2[2H])C([2H])([2H])C([2H])([2H])N(C([2H])([2H])C)C([2H])([2H])C)C([2H])([2H])C([2H])(C)C3([2H])[2H])c([2H])c([2H])c1F. The van der Waals surface area contributed by atoms with Crippen LogP contribution in [-0.2, 0) is 78.5 Å². The molecular weight excluding hydrogens is 1280 g/mol. The number of amides is 2. The summed E-state index contributed by atoms with van der Waals surface area (Å²) in [6.07, 6.45) is -16.4. The number of nitrogens with zero attached hydrogens (tertiary/aromatic N) is 8. The van der Waals surface area contributed by atoms with Gasteiger partial charge in [-0.3, -0.25) is 19.2 Å². The Morgan fingerprint density at radius 1 is 0.594 bits per heavy atom. The summed E-state index contributed by atoms with van der Waals surface area (Å²) in [4.78, 5) is 63.7. The second kappa shape index (κ2) is 32.9. The van der Waals surface area contributed by atoms with Crippen molar-refractivity contribution in [2.75, 3.05) is 52.0 Å². The van der Waals surface area contributed by atoms with Gasteiger partial charge in [-0.05, 0) is 164 Å². The summed E-state index contributed by atoms with van der Waals surface area (Å²) in [6.45, 7) is -32.7. The quantitative estimate of drug-likeness (QED) is 0.0295. The summed E-state index contributed by atoms with van der Waals surface area (Å²) >= 11 is -0.105. The first-order valence-electron chi connectivity index (χ1n) is 48.1. The Labute approximate surface area is 620 Å². The van der Waals surface area contributed by atoms with E-state index in [2.05, 4.69) is 9.97 Å². The van der Waals surface area contributed by atoms with E-state index in [1.165, 1.54) is 53.1 Å². The largest absolute Gasteiger partial charge is 0.416 e. The van der Waals surface area contributed by atoms with Crippen molar-refractivity contribution in [3.63, 3.8) is 0 Å². The molecule has 0 aliphatic heterocycles. The zero-order valence-corrected chi connectivity index (χ0v) is 52.6. The summed E-state index contributed by atoms with van der Waals surface area (Å²) in [5.74, 6) is -9.33. The number of carbonyl (C=O) groups excluding carboxylic acids is 2. The van der Waals surface area contributed by atoms with Crippen molar-refractivity contribution >= 4 is 35.3 Å². The molecule has 12 nitrogen and oxygen atoms in total. The highest BCUT2D eigenvalue weighted by Crippen LogP contribution is 2.35. The van der Waals surface area contributed by atoms with Gasteiger partial charge in [0.25, 0.3) is 11.1 Å². The monoisotopic (exact) mass is 1400 g/mol. The maximum absolute atomic E-state index is 15.4. The van der Waals surface area contributed by atoms with Crippen LogP contribution in [0.5, 0.6) is 0 Å². The lowest BCUT2D eigenvalue weighted by atomic mass is 9.99. The van der Waals surface area contributed by atoms with E-state index in [4.69, 9.17) is 45.2 Å². The molecule has 2 aromatic heterocycles. The molecule has 0 bridgehead atoms. The number of hydrogen-bond donors (Lipinski definition) is 0. The topological polar surface area (TPSA) is 117 Å². The third kappa shape index (κ3) is 18.8. The number of halogens is 8. The minimum Gasteiger partial charge on any atom is -0.336 e. The molecular formula is C74H80F8N8O4S2. The Hall–Kier alpha value is -7.92. The molecule has 0 N–H and O–H groups in total. The highest BCUT2D eigenvalue weighted by atomic mass is 32.2. The Balaban J connectivity index is 0.000000316. The zero-order valence-electron chi connectivity index (χ0n) is 91.0. The number of alkyl halides is 6. The van der Waals surface area contributed by atoms with Crippen LogP contribution in [0, 0.1) is 17.5 Å². The molecule has 0 saturated heterocycles. The third-order valence-corrected chi connectivity index (χ3v) is 15.3. The zero-order chi connectivity index (χ0) is 104. The van der Waals surface area contributed by atoms with Gasteiger partial charge >= 0.3 is 12.4 Å². The number of hydrogen-bond acceptors (Lipinski definition) is 10. The number of carbonyl (C=O) groups is 2. The number of aromatic nitrogens is 4. The molecule has 2 amide bonds. The Morgan fingerprint density at radius 3 is 1.66 bits per heavy atom. The molecule has 96 heavy (non-hydrogen) atoms. The highest BCUT2D eigenvalue weighted by molar-refractivity contribution is 7.98. The highest BCUT2D eigenvalue weighted by Gasteiger charge is 2.33. The van der Waals surface area contributed by atoms with E-state index >= 15 is 4.79 Å². The fraction of sp³-hybridized carbons (Fsp3) is 0.378. The van der Waals surface area contributed by atoms with Gasteiger partial charge in [-0.1, -0.05) is 155 Å². The van der Waals surface area contributed by atoms with Crippen molar-refractivity contribution in [3.05, 3.63) is 234 Å². The predicted molar refractivity (Wildman–Crippen MR) is 362 cm³/mol. The minimum absolute atomic E-state index is 0.0228. The summed E-state index contributed by atoms with van der Waals surface area (Å²) in [5.41, 5.74) is -19.2. The van der Waals surface area contributed by atoms with Crippen LogP contribution in [-0.4, -0.2) is 102 Å². The molecule has 0 saturated carbocycles. The normalized spacial score (nSPS) is 23.8. The van der Waals surface area contributed by atoms with Crippen LogP contribution in [0.1, 0.15) is 165 Å². The van der Waals surface area contributed by atoms with E-state index in [1.807, 2.05) is 0 Å². The minimum atomic E-state index is -5.54. The van der Waals surface area contributed by atoms with Crippen molar-refractivity contribution in [1.82, 2.24) is 38.7 Å². The van der Waals surface area contributed by atoms with Crippen molar-refractivity contribution in [3.8, 4) is 22.3 Å². The molecule has 0 radical (unpaired) electrons. The molecule has 6 aromatic carbocycles. The predicted octanol–water partition coefficient (Wildman–Crippen LogP) is 15.2.